The monoisotopic (exact) mass is 304 g/mol. The number of hydrogen-bond acceptors (Lipinski definition) is 4. The third-order valence-electron chi connectivity index (χ3n) is 2.28. The smallest absolute Gasteiger partial charge is 0.267 e. The van der Waals surface area contributed by atoms with Crippen molar-refractivity contribution in [3.8, 4) is 11.6 Å². The third-order valence-corrected chi connectivity index (χ3v) is 2.28. The summed E-state index contributed by atoms with van der Waals surface area (Å²) < 4.78 is 6.90. The number of rotatable bonds is 3. The number of ether oxygens (including phenoxy) is 1. The highest BCUT2D eigenvalue weighted by Gasteiger charge is 2.11. The second-order valence-corrected chi connectivity index (χ2v) is 3.51. The fourth-order valence-electron chi connectivity index (χ4n) is 1.47. The number of hydrogen-bond donors (Lipinski definition) is 1. The number of pyridine rings is 1. The molecule has 2 aromatic rings. The summed E-state index contributed by atoms with van der Waals surface area (Å²) in [4.78, 5) is 19.2. The second-order valence-electron chi connectivity index (χ2n) is 3.51. The van der Waals surface area contributed by atoms with Crippen molar-refractivity contribution in [1.82, 2.24) is 14.5 Å². The lowest BCUT2D eigenvalue weighted by Crippen LogP contribution is -2.14. The molecule has 0 bridgehead atoms. The van der Waals surface area contributed by atoms with E-state index in [0.717, 1.165) is 5.69 Å². The average molecular weight is 305 g/mol. The Bertz CT molecular complexity index is 572. The first-order valence-corrected chi connectivity index (χ1v) is 4.97. The molecule has 2 heterocycles. The molecule has 8 heteroatoms. The number of carbonyl (C=O) groups excluding carboxylic acids is 1. The first kappa shape index (κ1) is 17.2. The van der Waals surface area contributed by atoms with Gasteiger partial charge in [0.2, 0.25) is 5.88 Å². The Morgan fingerprint density at radius 2 is 2.05 bits per heavy atom. The van der Waals surface area contributed by atoms with Crippen LogP contribution in [0.5, 0.6) is 5.88 Å². The van der Waals surface area contributed by atoms with E-state index >= 15 is 0 Å². The predicted molar refractivity (Wildman–Crippen MR) is 75.7 cm³/mol. The Morgan fingerprint density at radius 1 is 1.37 bits per heavy atom. The number of nitrogens with zero attached hydrogens (tertiary/aromatic N) is 3. The fourth-order valence-corrected chi connectivity index (χ4v) is 1.47. The van der Waals surface area contributed by atoms with E-state index in [4.69, 9.17) is 10.5 Å². The van der Waals surface area contributed by atoms with Crippen LogP contribution in [0.1, 0.15) is 16.2 Å². The lowest BCUT2D eigenvalue weighted by Gasteiger charge is -2.08. The molecular weight excluding hydrogens is 291 g/mol. The van der Waals surface area contributed by atoms with Gasteiger partial charge in [-0.3, -0.25) is 4.79 Å². The van der Waals surface area contributed by atoms with Crippen molar-refractivity contribution in [3.05, 3.63) is 36.0 Å². The number of halogens is 2. The molecule has 1 amide bonds. The molecule has 0 saturated heterocycles. The van der Waals surface area contributed by atoms with E-state index in [1.54, 1.807) is 23.0 Å². The van der Waals surface area contributed by atoms with Gasteiger partial charge >= 0.3 is 0 Å². The van der Waals surface area contributed by atoms with E-state index in [2.05, 4.69) is 9.97 Å². The van der Waals surface area contributed by atoms with Crippen LogP contribution in [0.3, 0.4) is 0 Å². The maximum atomic E-state index is 11.0. The molecule has 2 aromatic heterocycles. The van der Waals surface area contributed by atoms with E-state index in [1.165, 1.54) is 7.11 Å². The van der Waals surface area contributed by atoms with Gasteiger partial charge < -0.3 is 15.0 Å². The molecule has 0 aromatic carbocycles. The lowest BCUT2D eigenvalue weighted by atomic mass is 10.3. The van der Waals surface area contributed by atoms with E-state index in [-0.39, 0.29) is 30.5 Å². The van der Waals surface area contributed by atoms with Crippen LogP contribution >= 0.6 is 24.8 Å². The highest BCUT2D eigenvalue weighted by molar-refractivity contribution is 5.91. The van der Waals surface area contributed by atoms with E-state index in [0.29, 0.717) is 11.6 Å². The molecule has 2 N–H and O–H groups in total. The number of imidazole rings is 1. The van der Waals surface area contributed by atoms with Crippen molar-refractivity contribution < 1.29 is 9.53 Å². The van der Waals surface area contributed by atoms with Gasteiger partial charge in [-0.25, -0.2) is 9.97 Å². The number of aryl methyl sites for hydroxylation is 1. The molecule has 19 heavy (non-hydrogen) atoms. The molecule has 0 saturated carbocycles. The van der Waals surface area contributed by atoms with Crippen LogP contribution in [0.2, 0.25) is 0 Å². The molecule has 2 rings (SSSR count). The topological polar surface area (TPSA) is 83.0 Å². The predicted octanol–water partition coefficient (Wildman–Crippen LogP) is 1.53. The van der Waals surface area contributed by atoms with Gasteiger partial charge in [0, 0.05) is 6.20 Å². The van der Waals surface area contributed by atoms with Gasteiger partial charge in [0.25, 0.3) is 5.91 Å². The first-order chi connectivity index (χ1) is 8.11. The van der Waals surface area contributed by atoms with Crippen molar-refractivity contribution in [2.75, 3.05) is 7.11 Å². The SMILES string of the molecule is COc1nc(C(N)=O)ccc1-n1cnc(C)c1.Cl.Cl. The van der Waals surface area contributed by atoms with Gasteiger partial charge in [-0.1, -0.05) is 0 Å². The van der Waals surface area contributed by atoms with Gasteiger partial charge in [-0.2, -0.15) is 0 Å². The molecule has 0 fully saturated rings. The normalized spacial score (nSPS) is 9.16. The van der Waals surface area contributed by atoms with Gasteiger partial charge in [0.1, 0.15) is 11.4 Å². The number of carbonyl (C=O) groups is 1. The van der Waals surface area contributed by atoms with Crippen LogP contribution in [0.15, 0.2) is 24.7 Å². The zero-order valence-corrected chi connectivity index (χ0v) is 12.0. The number of aromatic nitrogens is 3. The quantitative estimate of drug-likeness (QED) is 0.932. The molecule has 0 spiro atoms. The van der Waals surface area contributed by atoms with E-state index in [9.17, 15) is 4.79 Å². The van der Waals surface area contributed by atoms with Crippen LogP contribution in [0, 0.1) is 6.92 Å². The Kier molecular flexibility index (Phi) is 6.31. The highest BCUT2D eigenvalue weighted by Crippen LogP contribution is 2.20. The van der Waals surface area contributed by atoms with Crippen LogP contribution in [0.25, 0.3) is 5.69 Å². The Morgan fingerprint density at radius 3 is 2.53 bits per heavy atom. The van der Waals surface area contributed by atoms with Crippen LogP contribution in [-0.2, 0) is 0 Å². The minimum atomic E-state index is -0.586. The largest absolute Gasteiger partial charge is 0.479 e. The summed E-state index contributed by atoms with van der Waals surface area (Å²) in [6.07, 6.45) is 3.49. The maximum Gasteiger partial charge on any atom is 0.267 e. The second kappa shape index (κ2) is 6.96. The minimum absolute atomic E-state index is 0. The molecule has 0 atom stereocenters. The minimum Gasteiger partial charge on any atom is -0.479 e. The van der Waals surface area contributed by atoms with Crippen molar-refractivity contribution >= 4 is 30.7 Å². The third kappa shape index (κ3) is 3.59. The van der Waals surface area contributed by atoms with E-state index < -0.39 is 5.91 Å². The summed E-state index contributed by atoms with van der Waals surface area (Å²) in [5, 5.41) is 0. The van der Waals surface area contributed by atoms with Crippen LogP contribution in [-0.4, -0.2) is 27.6 Å². The Balaban J connectivity index is 0.00000162. The molecular formula is C11H14Cl2N4O2. The van der Waals surface area contributed by atoms with Gasteiger partial charge in [0.15, 0.2) is 0 Å². The lowest BCUT2D eigenvalue weighted by molar-refractivity contribution is 0.0994. The maximum absolute atomic E-state index is 11.0. The molecule has 0 radical (unpaired) electrons. The summed E-state index contributed by atoms with van der Waals surface area (Å²) in [5.74, 6) is -0.254. The summed E-state index contributed by atoms with van der Waals surface area (Å²) >= 11 is 0. The molecule has 104 valence electrons. The molecule has 6 nitrogen and oxygen atoms in total. The summed E-state index contributed by atoms with van der Waals surface area (Å²) in [6, 6.07) is 3.27. The summed E-state index contributed by atoms with van der Waals surface area (Å²) in [5.41, 5.74) is 6.91. The molecule has 0 aliphatic heterocycles. The van der Waals surface area contributed by atoms with E-state index in [1.807, 2.05) is 13.1 Å². The Labute approximate surface area is 122 Å². The molecule has 0 aliphatic rings. The fraction of sp³-hybridized carbons (Fsp3) is 0.182. The number of primary amides is 1. The van der Waals surface area contributed by atoms with Gasteiger partial charge in [0.05, 0.1) is 19.1 Å². The van der Waals surface area contributed by atoms with Gasteiger partial charge in [-0.15, -0.1) is 24.8 Å². The molecule has 0 unspecified atom stereocenters. The summed E-state index contributed by atoms with van der Waals surface area (Å²) in [6.45, 7) is 1.88. The van der Waals surface area contributed by atoms with Crippen molar-refractivity contribution in [2.24, 2.45) is 5.73 Å². The van der Waals surface area contributed by atoms with Crippen LogP contribution < -0.4 is 10.5 Å². The molecule has 0 aliphatic carbocycles. The standard InChI is InChI=1S/C11H12N4O2.2ClH/c1-7-5-15(6-13-7)9-4-3-8(10(12)16)14-11(9)17-2;;/h3-6H,1-2H3,(H2,12,16);2*1H. The van der Waals surface area contributed by atoms with Crippen LogP contribution in [0.4, 0.5) is 0 Å². The summed E-state index contributed by atoms with van der Waals surface area (Å²) in [7, 11) is 1.49. The number of methoxy groups -OCH3 is 1. The zero-order valence-electron chi connectivity index (χ0n) is 10.4. The van der Waals surface area contributed by atoms with Gasteiger partial charge in [-0.05, 0) is 19.1 Å². The highest BCUT2D eigenvalue weighted by atomic mass is 35.5. The zero-order chi connectivity index (χ0) is 12.4. The first-order valence-electron chi connectivity index (χ1n) is 4.97. The number of amides is 1. The average Bonchev–Trinajstić information content (AvgIpc) is 2.74. The van der Waals surface area contributed by atoms with Crippen molar-refractivity contribution in [2.45, 2.75) is 6.92 Å². The van der Waals surface area contributed by atoms with Crippen molar-refractivity contribution in [1.29, 1.82) is 0 Å². The number of nitrogens with two attached hydrogens (primary N) is 1. The van der Waals surface area contributed by atoms with Crippen molar-refractivity contribution in [3.63, 3.8) is 0 Å². The Hall–Kier alpha value is -1.79.